The lowest BCUT2D eigenvalue weighted by Gasteiger charge is -2.32. The first-order valence-corrected chi connectivity index (χ1v) is 4.91. The molecule has 1 spiro atoms. The Bertz CT molecular complexity index is 114. The molecule has 2 aliphatic heterocycles. The van der Waals surface area contributed by atoms with Crippen LogP contribution in [0.15, 0.2) is 0 Å². The van der Waals surface area contributed by atoms with Crippen molar-refractivity contribution in [3.63, 3.8) is 0 Å². The van der Waals surface area contributed by atoms with E-state index in [1.165, 1.54) is 6.42 Å². The van der Waals surface area contributed by atoms with Crippen molar-refractivity contribution >= 4 is 0 Å². The molecule has 2 rings (SSSR count). The van der Waals surface area contributed by atoms with Crippen molar-refractivity contribution in [1.82, 2.24) is 10.6 Å². The van der Waals surface area contributed by atoms with Crippen molar-refractivity contribution in [2.75, 3.05) is 33.0 Å². The first-order valence-electron chi connectivity index (χ1n) is 4.91. The van der Waals surface area contributed by atoms with Crippen LogP contribution in [0.25, 0.3) is 0 Å². The number of rotatable bonds is 0. The zero-order valence-electron chi connectivity index (χ0n) is 8.15. The van der Waals surface area contributed by atoms with Gasteiger partial charge in [0, 0.05) is 18.5 Å². The van der Waals surface area contributed by atoms with Gasteiger partial charge in [-0.3, -0.25) is 5.32 Å². The molecule has 2 fully saturated rings. The molecule has 2 N–H and O–H groups in total. The van der Waals surface area contributed by atoms with Gasteiger partial charge in [0.25, 0.3) is 0 Å². The molecule has 0 aromatic carbocycles. The molecular formula is C9H20N2O. The third-order valence-corrected chi connectivity index (χ3v) is 2.44. The minimum atomic E-state index is 0.429. The second kappa shape index (κ2) is 4.80. The molecule has 0 aromatic heterocycles. The van der Waals surface area contributed by atoms with Crippen molar-refractivity contribution < 1.29 is 4.74 Å². The van der Waals surface area contributed by atoms with Crippen LogP contribution in [0.1, 0.15) is 20.3 Å². The summed E-state index contributed by atoms with van der Waals surface area (Å²) < 4.78 is 5.36. The van der Waals surface area contributed by atoms with E-state index < -0.39 is 0 Å². The maximum Gasteiger partial charge on any atom is 0.0965 e. The van der Waals surface area contributed by atoms with Gasteiger partial charge in [-0.1, -0.05) is 13.8 Å². The standard InChI is InChI=1S/C7H14N2O.C2H6/c1-2-8-3-7(1)4-9-6-10-5-7;1-2/h8-9H,1-6H2;1-2H3. The highest BCUT2D eigenvalue weighted by atomic mass is 16.5. The van der Waals surface area contributed by atoms with Gasteiger partial charge >= 0.3 is 0 Å². The van der Waals surface area contributed by atoms with Gasteiger partial charge in [0.1, 0.15) is 0 Å². The van der Waals surface area contributed by atoms with Gasteiger partial charge in [0.15, 0.2) is 0 Å². The minimum Gasteiger partial charge on any atom is -0.366 e. The molecule has 0 aliphatic carbocycles. The Morgan fingerprint density at radius 3 is 2.42 bits per heavy atom. The van der Waals surface area contributed by atoms with Crippen LogP contribution in [0.3, 0.4) is 0 Å². The highest BCUT2D eigenvalue weighted by Crippen LogP contribution is 2.26. The topological polar surface area (TPSA) is 33.3 Å². The maximum atomic E-state index is 5.36. The molecule has 2 saturated heterocycles. The molecule has 2 aliphatic rings. The second-order valence-corrected chi connectivity index (χ2v) is 3.35. The highest BCUT2D eigenvalue weighted by Gasteiger charge is 2.35. The average molecular weight is 172 g/mol. The van der Waals surface area contributed by atoms with Crippen LogP contribution in [-0.2, 0) is 4.74 Å². The lowest BCUT2D eigenvalue weighted by atomic mass is 9.87. The van der Waals surface area contributed by atoms with E-state index in [0.29, 0.717) is 5.41 Å². The molecule has 2 heterocycles. The summed E-state index contributed by atoms with van der Waals surface area (Å²) in [4.78, 5) is 0. The van der Waals surface area contributed by atoms with Crippen molar-refractivity contribution in [3.05, 3.63) is 0 Å². The molecule has 0 radical (unpaired) electrons. The molecule has 3 heteroatoms. The van der Waals surface area contributed by atoms with Gasteiger partial charge in [0.05, 0.1) is 13.3 Å². The molecule has 0 amide bonds. The predicted molar refractivity (Wildman–Crippen MR) is 50.1 cm³/mol. The monoisotopic (exact) mass is 172 g/mol. The van der Waals surface area contributed by atoms with E-state index in [-0.39, 0.29) is 0 Å². The fourth-order valence-electron chi connectivity index (χ4n) is 1.78. The lowest BCUT2D eigenvalue weighted by Crippen LogP contribution is -2.45. The van der Waals surface area contributed by atoms with Crippen LogP contribution in [0.2, 0.25) is 0 Å². The van der Waals surface area contributed by atoms with Crippen LogP contribution in [0, 0.1) is 5.41 Å². The van der Waals surface area contributed by atoms with E-state index in [2.05, 4.69) is 10.6 Å². The Hall–Kier alpha value is -0.120. The first-order chi connectivity index (χ1) is 5.91. The predicted octanol–water partition coefficient (Wildman–Crippen LogP) is 0.570. The van der Waals surface area contributed by atoms with Gasteiger partial charge in [-0.15, -0.1) is 0 Å². The zero-order chi connectivity index (χ0) is 8.86. The first kappa shape index (κ1) is 9.96. The van der Waals surface area contributed by atoms with Crippen LogP contribution in [0.5, 0.6) is 0 Å². The van der Waals surface area contributed by atoms with Gasteiger partial charge in [-0.05, 0) is 13.0 Å². The molecule has 3 nitrogen and oxygen atoms in total. The summed E-state index contributed by atoms with van der Waals surface area (Å²) in [5.74, 6) is 0. The zero-order valence-corrected chi connectivity index (χ0v) is 8.15. The summed E-state index contributed by atoms with van der Waals surface area (Å²) >= 11 is 0. The smallest absolute Gasteiger partial charge is 0.0965 e. The van der Waals surface area contributed by atoms with E-state index in [9.17, 15) is 0 Å². The van der Waals surface area contributed by atoms with Crippen molar-refractivity contribution in [2.45, 2.75) is 20.3 Å². The fraction of sp³-hybridized carbons (Fsp3) is 1.00. The highest BCUT2D eigenvalue weighted by molar-refractivity contribution is 4.90. The van der Waals surface area contributed by atoms with Crippen LogP contribution in [-0.4, -0.2) is 33.0 Å². The summed E-state index contributed by atoms with van der Waals surface area (Å²) in [6, 6.07) is 0. The van der Waals surface area contributed by atoms with Crippen molar-refractivity contribution in [2.24, 2.45) is 5.41 Å². The van der Waals surface area contributed by atoms with E-state index >= 15 is 0 Å². The van der Waals surface area contributed by atoms with E-state index in [4.69, 9.17) is 4.74 Å². The molecule has 1 atom stereocenters. The summed E-state index contributed by atoms with van der Waals surface area (Å²) in [5.41, 5.74) is 0.429. The molecule has 12 heavy (non-hydrogen) atoms. The van der Waals surface area contributed by atoms with Gasteiger partial charge < -0.3 is 10.1 Å². The van der Waals surface area contributed by atoms with Crippen LogP contribution in [0.4, 0.5) is 0 Å². The lowest BCUT2D eigenvalue weighted by molar-refractivity contribution is -0.00124. The van der Waals surface area contributed by atoms with Crippen molar-refractivity contribution in [1.29, 1.82) is 0 Å². The number of hydrogen-bond acceptors (Lipinski definition) is 3. The second-order valence-electron chi connectivity index (χ2n) is 3.35. The number of nitrogens with one attached hydrogen (secondary N) is 2. The molecule has 1 unspecified atom stereocenters. The van der Waals surface area contributed by atoms with Crippen LogP contribution >= 0.6 is 0 Å². The molecule has 0 saturated carbocycles. The van der Waals surface area contributed by atoms with Gasteiger partial charge in [0.2, 0.25) is 0 Å². The third kappa shape index (κ3) is 2.19. The summed E-state index contributed by atoms with van der Waals surface area (Å²) in [7, 11) is 0. The Kier molecular flexibility index (Phi) is 3.98. The SMILES string of the molecule is C1CC2(CN1)CNCOC2.CC. The summed E-state index contributed by atoms with van der Waals surface area (Å²) in [6.45, 7) is 9.08. The number of hydrogen-bond donors (Lipinski definition) is 2. The Labute approximate surface area is 74.9 Å². The normalized spacial score (nSPS) is 34.5. The Balaban J connectivity index is 0.000000336. The molecule has 0 aromatic rings. The minimum absolute atomic E-state index is 0.429. The Morgan fingerprint density at radius 2 is 1.92 bits per heavy atom. The Morgan fingerprint density at radius 1 is 1.17 bits per heavy atom. The quantitative estimate of drug-likeness (QED) is 0.560. The van der Waals surface area contributed by atoms with Crippen LogP contribution < -0.4 is 10.6 Å². The van der Waals surface area contributed by atoms with E-state index in [1.54, 1.807) is 0 Å². The summed E-state index contributed by atoms with van der Waals surface area (Å²) in [6.07, 6.45) is 1.26. The summed E-state index contributed by atoms with van der Waals surface area (Å²) in [5, 5.41) is 6.62. The molecular weight excluding hydrogens is 152 g/mol. The average Bonchev–Trinajstić information content (AvgIpc) is 2.58. The maximum absolute atomic E-state index is 5.36. The molecule has 72 valence electrons. The third-order valence-electron chi connectivity index (χ3n) is 2.44. The van der Waals surface area contributed by atoms with Crippen molar-refractivity contribution in [3.8, 4) is 0 Å². The molecule has 0 bridgehead atoms. The van der Waals surface area contributed by atoms with E-state index in [0.717, 1.165) is 33.0 Å². The van der Waals surface area contributed by atoms with Gasteiger partial charge in [-0.25, -0.2) is 0 Å². The number of ether oxygens (including phenoxy) is 1. The van der Waals surface area contributed by atoms with E-state index in [1.807, 2.05) is 13.8 Å². The van der Waals surface area contributed by atoms with Gasteiger partial charge in [-0.2, -0.15) is 0 Å². The largest absolute Gasteiger partial charge is 0.366 e. The fourth-order valence-corrected chi connectivity index (χ4v) is 1.78.